The number of anilines is 1. The van der Waals surface area contributed by atoms with E-state index in [1.807, 2.05) is 24.3 Å². The van der Waals surface area contributed by atoms with Gasteiger partial charge in [0, 0.05) is 16.3 Å². The first kappa shape index (κ1) is 19.5. The predicted molar refractivity (Wildman–Crippen MR) is 111 cm³/mol. The highest BCUT2D eigenvalue weighted by molar-refractivity contribution is 7.99. The largest absolute Gasteiger partial charge is 0.335 e. The fourth-order valence-corrected chi connectivity index (χ4v) is 3.53. The number of thioether (sulfide) groups is 1. The van der Waals surface area contributed by atoms with Gasteiger partial charge in [-0.1, -0.05) is 54.0 Å². The molecule has 0 unspecified atom stereocenters. The smallest absolute Gasteiger partial charge is 0.234 e. The molecule has 0 fully saturated rings. The van der Waals surface area contributed by atoms with E-state index in [-0.39, 0.29) is 11.7 Å². The average molecular weight is 422 g/mol. The van der Waals surface area contributed by atoms with Gasteiger partial charge in [0.2, 0.25) is 11.1 Å². The number of carbonyl (C=O) groups is 1. The van der Waals surface area contributed by atoms with E-state index in [2.05, 4.69) is 22.4 Å². The van der Waals surface area contributed by atoms with Crippen molar-refractivity contribution in [3.63, 3.8) is 0 Å². The van der Waals surface area contributed by atoms with Gasteiger partial charge in [0.1, 0.15) is 0 Å². The number of nitrogen functional groups attached to an aromatic ring is 1. The van der Waals surface area contributed by atoms with Crippen LogP contribution in [0.1, 0.15) is 12.5 Å². The van der Waals surface area contributed by atoms with Crippen LogP contribution >= 0.6 is 35.0 Å². The van der Waals surface area contributed by atoms with E-state index in [4.69, 9.17) is 29.0 Å². The lowest BCUT2D eigenvalue weighted by Gasteiger charge is -2.07. The molecule has 0 aliphatic carbocycles. The van der Waals surface area contributed by atoms with Crippen LogP contribution in [0.5, 0.6) is 0 Å². The van der Waals surface area contributed by atoms with Crippen LogP contribution in [0.3, 0.4) is 0 Å². The first-order valence-electron chi connectivity index (χ1n) is 8.15. The summed E-state index contributed by atoms with van der Waals surface area (Å²) in [5.74, 6) is 6.46. The van der Waals surface area contributed by atoms with E-state index in [1.54, 1.807) is 18.2 Å². The molecule has 1 heterocycles. The third kappa shape index (κ3) is 4.74. The fraction of sp³-hybridized carbons (Fsp3) is 0.167. The van der Waals surface area contributed by atoms with Gasteiger partial charge in [-0.25, -0.2) is 4.68 Å². The van der Waals surface area contributed by atoms with Crippen molar-refractivity contribution in [1.82, 2.24) is 14.9 Å². The molecule has 1 aromatic heterocycles. The molecule has 0 atom stereocenters. The molecule has 1 amide bonds. The van der Waals surface area contributed by atoms with Crippen molar-refractivity contribution in [2.24, 2.45) is 0 Å². The highest BCUT2D eigenvalue weighted by Crippen LogP contribution is 2.30. The molecule has 0 saturated heterocycles. The number of aromatic nitrogens is 3. The Morgan fingerprint density at radius 1 is 1.19 bits per heavy atom. The Balaban J connectivity index is 1.64. The molecule has 9 heteroatoms. The molecule has 27 heavy (non-hydrogen) atoms. The highest BCUT2D eigenvalue weighted by Gasteiger charge is 2.16. The molecule has 0 saturated carbocycles. The number of aryl methyl sites for hydroxylation is 1. The maximum absolute atomic E-state index is 12.2. The minimum absolute atomic E-state index is 0.152. The first-order valence-corrected chi connectivity index (χ1v) is 9.89. The van der Waals surface area contributed by atoms with Crippen LogP contribution in [-0.4, -0.2) is 26.5 Å². The molecule has 6 nitrogen and oxygen atoms in total. The number of carbonyl (C=O) groups excluding carboxylic acids is 1. The van der Waals surface area contributed by atoms with Gasteiger partial charge in [-0.15, -0.1) is 10.2 Å². The number of nitrogens with one attached hydrogen (secondary N) is 1. The molecule has 0 aliphatic rings. The molecule has 3 rings (SSSR count). The quantitative estimate of drug-likeness (QED) is 0.458. The molecule has 0 bridgehead atoms. The van der Waals surface area contributed by atoms with Crippen LogP contribution in [0.4, 0.5) is 5.69 Å². The van der Waals surface area contributed by atoms with E-state index >= 15 is 0 Å². The number of hydrogen-bond acceptors (Lipinski definition) is 5. The Morgan fingerprint density at radius 3 is 2.59 bits per heavy atom. The van der Waals surface area contributed by atoms with Crippen molar-refractivity contribution in [3.8, 4) is 11.4 Å². The van der Waals surface area contributed by atoms with Gasteiger partial charge in [-0.05, 0) is 42.3 Å². The Kier molecular flexibility index (Phi) is 6.26. The minimum atomic E-state index is -0.154. The first-order chi connectivity index (χ1) is 13.0. The van der Waals surface area contributed by atoms with Gasteiger partial charge in [0.25, 0.3) is 0 Å². The number of benzene rings is 2. The Labute approximate surface area is 171 Å². The van der Waals surface area contributed by atoms with Crippen molar-refractivity contribution in [1.29, 1.82) is 0 Å². The predicted octanol–water partition coefficient (Wildman–Crippen LogP) is 4.26. The van der Waals surface area contributed by atoms with Gasteiger partial charge >= 0.3 is 0 Å². The van der Waals surface area contributed by atoms with Crippen molar-refractivity contribution in [2.75, 3.05) is 16.9 Å². The molecular weight excluding hydrogens is 405 g/mol. The monoisotopic (exact) mass is 421 g/mol. The van der Waals surface area contributed by atoms with Crippen LogP contribution < -0.4 is 11.2 Å². The summed E-state index contributed by atoms with van der Waals surface area (Å²) in [4.78, 5) is 12.2. The molecule has 0 radical (unpaired) electrons. The maximum atomic E-state index is 12.2. The van der Waals surface area contributed by atoms with Crippen LogP contribution in [0.2, 0.25) is 10.0 Å². The summed E-state index contributed by atoms with van der Waals surface area (Å²) in [6.07, 6.45) is 0.955. The molecule has 0 aliphatic heterocycles. The Morgan fingerprint density at radius 2 is 1.93 bits per heavy atom. The zero-order chi connectivity index (χ0) is 19.4. The van der Waals surface area contributed by atoms with E-state index in [0.29, 0.717) is 26.6 Å². The summed E-state index contributed by atoms with van der Waals surface area (Å²) >= 11 is 13.3. The molecule has 0 spiro atoms. The van der Waals surface area contributed by atoms with E-state index < -0.39 is 0 Å². The topological polar surface area (TPSA) is 85.8 Å². The Hall–Kier alpha value is -2.22. The summed E-state index contributed by atoms with van der Waals surface area (Å²) in [5.41, 5.74) is 2.58. The second-order valence-electron chi connectivity index (χ2n) is 5.69. The lowest BCUT2D eigenvalue weighted by Crippen LogP contribution is -2.16. The number of nitrogens with zero attached hydrogens (tertiary/aromatic N) is 3. The number of rotatable bonds is 6. The number of amides is 1. The fourth-order valence-electron chi connectivity index (χ4n) is 2.38. The third-order valence-corrected chi connectivity index (χ3v) is 5.31. The highest BCUT2D eigenvalue weighted by atomic mass is 35.5. The average Bonchev–Trinajstić information content (AvgIpc) is 3.01. The molecule has 3 N–H and O–H groups in total. The summed E-state index contributed by atoms with van der Waals surface area (Å²) in [6, 6.07) is 12.8. The van der Waals surface area contributed by atoms with Crippen molar-refractivity contribution >= 4 is 46.6 Å². The lowest BCUT2D eigenvalue weighted by atomic mass is 10.1. The van der Waals surface area contributed by atoms with Crippen LogP contribution in [0, 0.1) is 0 Å². The van der Waals surface area contributed by atoms with Crippen molar-refractivity contribution in [2.45, 2.75) is 18.5 Å². The van der Waals surface area contributed by atoms with E-state index in [1.165, 1.54) is 22.0 Å². The molecule has 2 aromatic carbocycles. The minimum Gasteiger partial charge on any atom is -0.335 e. The maximum Gasteiger partial charge on any atom is 0.234 e. The standard InChI is InChI=1S/C18H17Cl2N5OS/c1-2-11-3-6-13(7-4-11)22-16(26)10-27-18-24-23-17(25(18)21)14-8-5-12(19)9-15(14)20/h3-9H,2,10,21H2,1H3,(H,22,26). The van der Waals surface area contributed by atoms with Crippen LogP contribution in [0.25, 0.3) is 11.4 Å². The van der Waals surface area contributed by atoms with Crippen molar-refractivity contribution in [3.05, 3.63) is 58.1 Å². The molecular formula is C18H17Cl2N5OS. The van der Waals surface area contributed by atoms with Gasteiger partial charge in [0.15, 0.2) is 5.82 Å². The van der Waals surface area contributed by atoms with Gasteiger partial charge in [-0.3, -0.25) is 4.79 Å². The van der Waals surface area contributed by atoms with E-state index in [9.17, 15) is 4.79 Å². The number of halogens is 2. The van der Waals surface area contributed by atoms with Crippen molar-refractivity contribution < 1.29 is 4.79 Å². The summed E-state index contributed by atoms with van der Waals surface area (Å²) in [6.45, 7) is 2.08. The third-order valence-electron chi connectivity index (χ3n) is 3.81. The van der Waals surface area contributed by atoms with E-state index in [0.717, 1.165) is 12.1 Å². The molecule has 3 aromatic rings. The van der Waals surface area contributed by atoms with Gasteiger partial charge < -0.3 is 11.2 Å². The normalized spacial score (nSPS) is 10.8. The number of hydrogen-bond donors (Lipinski definition) is 2. The Bertz CT molecular complexity index is 959. The van der Waals surface area contributed by atoms with Gasteiger partial charge in [0.05, 0.1) is 10.8 Å². The summed E-state index contributed by atoms with van der Waals surface area (Å²) in [7, 11) is 0. The number of nitrogens with two attached hydrogens (primary N) is 1. The van der Waals surface area contributed by atoms with Gasteiger partial charge in [-0.2, -0.15) is 0 Å². The SMILES string of the molecule is CCc1ccc(NC(=O)CSc2nnc(-c3ccc(Cl)cc3Cl)n2N)cc1. The van der Waals surface area contributed by atoms with Crippen LogP contribution in [-0.2, 0) is 11.2 Å². The summed E-state index contributed by atoms with van der Waals surface area (Å²) < 4.78 is 1.31. The summed E-state index contributed by atoms with van der Waals surface area (Å²) in [5, 5.41) is 12.3. The van der Waals surface area contributed by atoms with Crippen LogP contribution in [0.15, 0.2) is 47.6 Å². The second-order valence-corrected chi connectivity index (χ2v) is 7.47. The zero-order valence-electron chi connectivity index (χ0n) is 14.4. The molecule has 140 valence electrons. The lowest BCUT2D eigenvalue weighted by molar-refractivity contribution is -0.113. The zero-order valence-corrected chi connectivity index (χ0v) is 16.8. The second kappa shape index (κ2) is 8.65.